The minimum atomic E-state index is -0.205. The summed E-state index contributed by atoms with van der Waals surface area (Å²) in [6.07, 6.45) is 0. The molecule has 0 spiro atoms. The summed E-state index contributed by atoms with van der Waals surface area (Å²) in [4.78, 5) is 16.8. The van der Waals surface area contributed by atoms with E-state index in [1.165, 1.54) is 6.07 Å². The maximum absolute atomic E-state index is 13.9. The molecule has 0 aromatic heterocycles. The normalized spacial score (nSPS) is 17.6. The van der Waals surface area contributed by atoms with Crippen molar-refractivity contribution in [3.05, 3.63) is 66.0 Å². The van der Waals surface area contributed by atoms with Gasteiger partial charge < -0.3 is 10.2 Å². The molecule has 0 bridgehead atoms. The molecule has 0 saturated carbocycles. The first kappa shape index (κ1) is 18.4. The van der Waals surface area contributed by atoms with Crippen molar-refractivity contribution < 1.29 is 9.18 Å². The number of hydrogen-bond donors (Lipinski definition) is 1. The van der Waals surface area contributed by atoms with Gasteiger partial charge in [0, 0.05) is 26.2 Å². The van der Waals surface area contributed by atoms with Gasteiger partial charge in [-0.15, -0.1) is 0 Å². The van der Waals surface area contributed by atoms with Gasteiger partial charge in [-0.3, -0.25) is 9.69 Å². The fourth-order valence-electron chi connectivity index (χ4n) is 3.38. The lowest BCUT2D eigenvalue weighted by Crippen LogP contribution is -2.54. The average molecular weight is 355 g/mol. The summed E-state index contributed by atoms with van der Waals surface area (Å²) in [6.45, 7) is 6.84. The number of carbonyl (C=O) groups is 1. The predicted octanol–water partition coefficient (Wildman–Crippen LogP) is 3.21. The largest absolute Gasteiger partial charge is 0.367 e. The Morgan fingerprint density at radius 1 is 0.962 bits per heavy atom. The van der Waals surface area contributed by atoms with Crippen molar-refractivity contribution >= 4 is 11.6 Å². The summed E-state index contributed by atoms with van der Waals surface area (Å²) in [7, 11) is 0. The van der Waals surface area contributed by atoms with Crippen LogP contribution in [0.15, 0.2) is 54.6 Å². The molecule has 3 rings (SSSR count). The zero-order valence-electron chi connectivity index (χ0n) is 15.4. The number of rotatable bonds is 5. The average Bonchev–Trinajstić information content (AvgIpc) is 2.68. The first-order chi connectivity index (χ1) is 12.6. The topological polar surface area (TPSA) is 35.6 Å². The molecule has 1 fully saturated rings. The molecule has 2 unspecified atom stereocenters. The maximum atomic E-state index is 13.9. The molecular weight excluding hydrogens is 329 g/mol. The Morgan fingerprint density at radius 3 is 2.23 bits per heavy atom. The summed E-state index contributed by atoms with van der Waals surface area (Å²) < 4.78 is 13.9. The number of nitrogens with one attached hydrogen (secondary N) is 1. The van der Waals surface area contributed by atoms with Gasteiger partial charge in [0.25, 0.3) is 0 Å². The standard InChI is InChI=1S/C21H26FN3O/c1-16(18-8-4-3-5-9-18)23-21(26)17(2)24-12-14-25(15-13-24)20-11-7-6-10-19(20)22/h3-11,16-17H,12-15H2,1-2H3,(H,23,26). The van der Waals surface area contributed by atoms with Gasteiger partial charge in [-0.05, 0) is 31.5 Å². The number of carbonyl (C=O) groups excluding carboxylic acids is 1. The highest BCUT2D eigenvalue weighted by Gasteiger charge is 2.27. The van der Waals surface area contributed by atoms with E-state index in [9.17, 15) is 9.18 Å². The number of para-hydroxylation sites is 1. The van der Waals surface area contributed by atoms with Gasteiger partial charge in [0.1, 0.15) is 5.82 Å². The van der Waals surface area contributed by atoms with Crippen LogP contribution in [0.2, 0.25) is 0 Å². The molecule has 0 radical (unpaired) electrons. The number of halogens is 1. The fraction of sp³-hybridized carbons (Fsp3) is 0.381. The molecule has 2 atom stereocenters. The summed E-state index contributed by atoms with van der Waals surface area (Å²) in [6, 6.07) is 16.6. The molecule has 2 aromatic rings. The predicted molar refractivity (Wildman–Crippen MR) is 103 cm³/mol. The van der Waals surface area contributed by atoms with E-state index in [1.807, 2.05) is 61.2 Å². The first-order valence-corrected chi connectivity index (χ1v) is 9.15. The molecule has 1 aliphatic rings. The Labute approximate surface area is 154 Å². The third-order valence-corrected chi connectivity index (χ3v) is 5.09. The molecular formula is C21H26FN3O. The number of benzene rings is 2. The molecule has 138 valence electrons. The van der Waals surface area contributed by atoms with Crippen molar-refractivity contribution in [3.63, 3.8) is 0 Å². The lowest BCUT2D eigenvalue weighted by Gasteiger charge is -2.38. The molecule has 1 aliphatic heterocycles. The Hall–Kier alpha value is -2.40. The van der Waals surface area contributed by atoms with Crippen LogP contribution in [0.1, 0.15) is 25.5 Å². The van der Waals surface area contributed by atoms with Crippen molar-refractivity contribution in [2.24, 2.45) is 0 Å². The zero-order valence-corrected chi connectivity index (χ0v) is 15.4. The lowest BCUT2D eigenvalue weighted by molar-refractivity contribution is -0.126. The Bertz CT molecular complexity index is 729. The highest BCUT2D eigenvalue weighted by Crippen LogP contribution is 2.21. The molecule has 4 nitrogen and oxygen atoms in total. The van der Waals surface area contributed by atoms with Crippen LogP contribution in [0, 0.1) is 5.82 Å². The fourth-order valence-corrected chi connectivity index (χ4v) is 3.38. The highest BCUT2D eigenvalue weighted by molar-refractivity contribution is 5.81. The molecule has 5 heteroatoms. The maximum Gasteiger partial charge on any atom is 0.237 e. The van der Waals surface area contributed by atoms with Crippen LogP contribution >= 0.6 is 0 Å². The van der Waals surface area contributed by atoms with Crippen LogP contribution < -0.4 is 10.2 Å². The molecule has 1 N–H and O–H groups in total. The Balaban J connectivity index is 1.54. The molecule has 26 heavy (non-hydrogen) atoms. The van der Waals surface area contributed by atoms with E-state index in [-0.39, 0.29) is 23.8 Å². The van der Waals surface area contributed by atoms with Crippen molar-refractivity contribution in [1.82, 2.24) is 10.2 Å². The van der Waals surface area contributed by atoms with Gasteiger partial charge in [0.05, 0.1) is 17.8 Å². The molecule has 2 aromatic carbocycles. The van der Waals surface area contributed by atoms with Crippen molar-refractivity contribution in [1.29, 1.82) is 0 Å². The number of nitrogens with zero attached hydrogens (tertiary/aromatic N) is 2. The summed E-state index contributed by atoms with van der Waals surface area (Å²) >= 11 is 0. The quantitative estimate of drug-likeness (QED) is 0.895. The van der Waals surface area contributed by atoms with E-state index in [0.717, 1.165) is 18.7 Å². The summed E-state index contributed by atoms with van der Waals surface area (Å²) in [5.41, 5.74) is 1.74. The second kappa shape index (κ2) is 8.32. The second-order valence-electron chi connectivity index (χ2n) is 6.79. The van der Waals surface area contributed by atoms with Gasteiger partial charge >= 0.3 is 0 Å². The van der Waals surface area contributed by atoms with Gasteiger partial charge in [-0.1, -0.05) is 42.5 Å². The lowest BCUT2D eigenvalue weighted by atomic mass is 10.1. The zero-order chi connectivity index (χ0) is 18.5. The van der Waals surface area contributed by atoms with E-state index < -0.39 is 0 Å². The number of hydrogen-bond acceptors (Lipinski definition) is 3. The minimum Gasteiger partial charge on any atom is -0.367 e. The molecule has 1 saturated heterocycles. The van der Waals surface area contributed by atoms with Crippen LogP contribution in [0.5, 0.6) is 0 Å². The third kappa shape index (κ3) is 4.22. The van der Waals surface area contributed by atoms with Gasteiger partial charge in [0.2, 0.25) is 5.91 Å². The second-order valence-corrected chi connectivity index (χ2v) is 6.79. The monoisotopic (exact) mass is 355 g/mol. The van der Waals surface area contributed by atoms with Crippen molar-refractivity contribution in [2.45, 2.75) is 25.9 Å². The van der Waals surface area contributed by atoms with Gasteiger partial charge in [-0.2, -0.15) is 0 Å². The number of anilines is 1. The Kier molecular flexibility index (Phi) is 5.89. The summed E-state index contributed by atoms with van der Waals surface area (Å²) in [5.74, 6) is -0.163. The van der Waals surface area contributed by atoms with E-state index in [0.29, 0.717) is 18.8 Å². The van der Waals surface area contributed by atoms with E-state index in [4.69, 9.17) is 0 Å². The van der Waals surface area contributed by atoms with Crippen LogP contribution in [0.25, 0.3) is 0 Å². The van der Waals surface area contributed by atoms with Gasteiger partial charge in [-0.25, -0.2) is 4.39 Å². The van der Waals surface area contributed by atoms with Gasteiger partial charge in [0.15, 0.2) is 0 Å². The first-order valence-electron chi connectivity index (χ1n) is 9.15. The van der Waals surface area contributed by atoms with Crippen molar-refractivity contribution in [2.75, 3.05) is 31.1 Å². The van der Waals surface area contributed by atoms with Crippen LogP contribution in [-0.4, -0.2) is 43.0 Å². The van der Waals surface area contributed by atoms with E-state index in [2.05, 4.69) is 10.2 Å². The van der Waals surface area contributed by atoms with Crippen LogP contribution in [0.4, 0.5) is 10.1 Å². The van der Waals surface area contributed by atoms with Crippen LogP contribution in [0.3, 0.4) is 0 Å². The minimum absolute atomic E-state index is 0.0224. The molecule has 1 heterocycles. The smallest absolute Gasteiger partial charge is 0.237 e. The molecule has 1 amide bonds. The molecule has 0 aliphatic carbocycles. The summed E-state index contributed by atoms with van der Waals surface area (Å²) in [5, 5.41) is 3.09. The highest BCUT2D eigenvalue weighted by atomic mass is 19.1. The number of amides is 1. The van der Waals surface area contributed by atoms with E-state index >= 15 is 0 Å². The van der Waals surface area contributed by atoms with Crippen LogP contribution in [-0.2, 0) is 4.79 Å². The Morgan fingerprint density at radius 2 is 1.58 bits per heavy atom. The third-order valence-electron chi connectivity index (χ3n) is 5.09. The van der Waals surface area contributed by atoms with E-state index in [1.54, 1.807) is 6.07 Å². The SMILES string of the molecule is CC(NC(=O)C(C)N1CCN(c2ccccc2F)CC1)c1ccccc1. The number of piperazine rings is 1. The van der Waals surface area contributed by atoms with Crippen molar-refractivity contribution in [3.8, 4) is 0 Å².